The Balaban J connectivity index is 1.55. The van der Waals surface area contributed by atoms with Gasteiger partial charge >= 0.3 is 6.03 Å². The zero-order chi connectivity index (χ0) is 20.6. The van der Waals surface area contributed by atoms with Crippen LogP contribution in [-0.2, 0) is 11.3 Å². The van der Waals surface area contributed by atoms with E-state index in [4.69, 9.17) is 23.2 Å². The average molecular weight is 432 g/mol. The smallest absolute Gasteiger partial charge is 0.325 e. The molecule has 2 heterocycles. The summed E-state index contributed by atoms with van der Waals surface area (Å²) in [7, 11) is 0. The zero-order valence-electron chi connectivity index (χ0n) is 15.5. The Morgan fingerprint density at radius 3 is 2.66 bits per heavy atom. The Kier molecular flexibility index (Phi) is 5.23. The third-order valence-electron chi connectivity index (χ3n) is 5.36. The van der Waals surface area contributed by atoms with Gasteiger partial charge < -0.3 is 10.2 Å². The minimum Gasteiger partial charge on any atom is -0.336 e. The number of hydrogen-bond acceptors (Lipinski definition) is 3. The van der Waals surface area contributed by atoms with Gasteiger partial charge in [0.1, 0.15) is 5.54 Å². The lowest BCUT2D eigenvalue weighted by molar-refractivity contribution is -0.133. The highest BCUT2D eigenvalue weighted by molar-refractivity contribution is 6.33. The SMILES string of the molecule is O=C(c1ccccc1Cl)N1CCCC2(C1)NC(=O)N(Cc1cccc(Cl)c1)C2=O. The highest BCUT2D eigenvalue weighted by Crippen LogP contribution is 2.31. The van der Waals surface area contributed by atoms with Gasteiger partial charge in [0, 0.05) is 11.6 Å². The second-order valence-electron chi connectivity index (χ2n) is 7.34. The summed E-state index contributed by atoms with van der Waals surface area (Å²) in [5, 5.41) is 3.74. The van der Waals surface area contributed by atoms with Crippen LogP contribution in [0.3, 0.4) is 0 Å². The van der Waals surface area contributed by atoms with Gasteiger partial charge in [-0.1, -0.05) is 47.5 Å². The van der Waals surface area contributed by atoms with Crippen LogP contribution < -0.4 is 5.32 Å². The molecule has 0 saturated carbocycles. The van der Waals surface area contributed by atoms with E-state index in [1.807, 2.05) is 6.07 Å². The fourth-order valence-corrected chi connectivity index (χ4v) is 4.38. The Morgan fingerprint density at radius 1 is 1.10 bits per heavy atom. The van der Waals surface area contributed by atoms with Gasteiger partial charge in [-0.05, 0) is 42.7 Å². The number of rotatable bonds is 3. The molecule has 1 unspecified atom stereocenters. The molecule has 6 nitrogen and oxygen atoms in total. The first-order valence-corrected chi connectivity index (χ1v) is 10.1. The van der Waals surface area contributed by atoms with E-state index in [2.05, 4.69) is 5.32 Å². The Hall–Kier alpha value is -2.57. The molecule has 2 fully saturated rings. The summed E-state index contributed by atoms with van der Waals surface area (Å²) < 4.78 is 0. The van der Waals surface area contributed by atoms with Crippen LogP contribution in [0.4, 0.5) is 4.79 Å². The zero-order valence-corrected chi connectivity index (χ0v) is 17.0. The average Bonchev–Trinajstić information content (AvgIpc) is 2.92. The van der Waals surface area contributed by atoms with E-state index in [9.17, 15) is 14.4 Å². The van der Waals surface area contributed by atoms with Gasteiger partial charge in [0.15, 0.2) is 0 Å². The maximum absolute atomic E-state index is 13.2. The van der Waals surface area contributed by atoms with Crippen LogP contribution in [0.1, 0.15) is 28.8 Å². The van der Waals surface area contributed by atoms with E-state index < -0.39 is 11.6 Å². The first kappa shape index (κ1) is 19.7. The molecule has 0 radical (unpaired) electrons. The van der Waals surface area contributed by atoms with E-state index >= 15 is 0 Å². The van der Waals surface area contributed by atoms with Crippen LogP contribution in [0.5, 0.6) is 0 Å². The van der Waals surface area contributed by atoms with Crippen LogP contribution in [0.25, 0.3) is 0 Å². The monoisotopic (exact) mass is 431 g/mol. The molecule has 2 saturated heterocycles. The summed E-state index contributed by atoms with van der Waals surface area (Å²) in [4.78, 5) is 41.5. The minimum atomic E-state index is -1.11. The number of nitrogens with zero attached hydrogens (tertiary/aromatic N) is 2. The van der Waals surface area contributed by atoms with Crippen LogP contribution >= 0.6 is 23.2 Å². The highest BCUT2D eigenvalue weighted by Gasteiger charge is 2.53. The maximum atomic E-state index is 13.2. The molecule has 1 atom stereocenters. The molecule has 4 amide bonds. The Labute approximate surface area is 178 Å². The normalized spacial score (nSPS) is 21.6. The van der Waals surface area contributed by atoms with Crippen molar-refractivity contribution in [3.05, 3.63) is 69.7 Å². The van der Waals surface area contributed by atoms with Crippen molar-refractivity contribution in [3.63, 3.8) is 0 Å². The second-order valence-corrected chi connectivity index (χ2v) is 8.19. The number of likely N-dealkylation sites (tertiary alicyclic amines) is 1. The molecule has 2 aromatic carbocycles. The fourth-order valence-electron chi connectivity index (χ4n) is 3.95. The molecule has 0 bridgehead atoms. The van der Waals surface area contributed by atoms with Gasteiger partial charge in [-0.25, -0.2) is 4.79 Å². The molecule has 8 heteroatoms. The molecule has 2 aromatic rings. The van der Waals surface area contributed by atoms with Gasteiger partial charge in [0.2, 0.25) is 0 Å². The van der Waals surface area contributed by atoms with Crippen molar-refractivity contribution >= 4 is 41.0 Å². The van der Waals surface area contributed by atoms with Crippen molar-refractivity contribution in [2.45, 2.75) is 24.9 Å². The van der Waals surface area contributed by atoms with E-state index in [0.717, 1.165) is 5.56 Å². The molecule has 1 spiro atoms. The second kappa shape index (κ2) is 7.69. The fraction of sp³-hybridized carbons (Fsp3) is 0.286. The number of imide groups is 1. The van der Waals surface area contributed by atoms with Crippen molar-refractivity contribution in [2.75, 3.05) is 13.1 Å². The molecule has 0 aliphatic carbocycles. The number of carbonyl (C=O) groups excluding carboxylic acids is 3. The molecule has 29 heavy (non-hydrogen) atoms. The maximum Gasteiger partial charge on any atom is 0.325 e. The Morgan fingerprint density at radius 2 is 1.90 bits per heavy atom. The van der Waals surface area contributed by atoms with Crippen molar-refractivity contribution in [1.29, 1.82) is 0 Å². The van der Waals surface area contributed by atoms with Crippen LogP contribution in [0.15, 0.2) is 48.5 Å². The number of carbonyl (C=O) groups is 3. The Bertz CT molecular complexity index is 997. The lowest BCUT2D eigenvalue weighted by Gasteiger charge is -2.38. The topological polar surface area (TPSA) is 69.7 Å². The number of piperidine rings is 1. The summed E-state index contributed by atoms with van der Waals surface area (Å²) >= 11 is 12.2. The lowest BCUT2D eigenvalue weighted by Crippen LogP contribution is -2.59. The largest absolute Gasteiger partial charge is 0.336 e. The number of urea groups is 1. The van der Waals surface area contributed by atoms with E-state index in [1.54, 1.807) is 47.4 Å². The third-order valence-corrected chi connectivity index (χ3v) is 5.92. The molecular weight excluding hydrogens is 413 g/mol. The van der Waals surface area contributed by atoms with Crippen LogP contribution in [0.2, 0.25) is 10.0 Å². The van der Waals surface area contributed by atoms with Crippen molar-refractivity contribution in [3.8, 4) is 0 Å². The highest BCUT2D eigenvalue weighted by atomic mass is 35.5. The quantitative estimate of drug-likeness (QED) is 0.752. The molecule has 150 valence electrons. The van der Waals surface area contributed by atoms with Crippen molar-refractivity contribution in [2.24, 2.45) is 0 Å². The van der Waals surface area contributed by atoms with Crippen LogP contribution in [-0.4, -0.2) is 46.3 Å². The summed E-state index contributed by atoms with van der Waals surface area (Å²) in [6, 6.07) is 13.4. The number of hydrogen-bond donors (Lipinski definition) is 1. The van der Waals surface area contributed by atoms with Gasteiger partial charge in [-0.15, -0.1) is 0 Å². The summed E-state index contributed by atoms with van der Waals surface area (Å²) in [5.41, 5.74) is 0.0433. The van der Waals surface area contributed by atoms with E-state index in [0.29, 0.717) is 35.0 Å². The lowest BCUT2D eigenvalue weighted by atomic mass is 9.88. The van der Waals surface area contributed by atoms with Gasteiger partial charge in [0.25, 0.3) is 11.8 Å². The molecule has 0 aromatic heterocycles. The van der Waals surface area contributed by atoms with Crippen molar-refractivity contribution in [1.82, 2.24) is 15.1 Å². The standard InChI is InChI=1S/C21H19Cl2N3O3/c22-15-6-3-5-14(11-15)12-26-19(28)21(24-20(26)29)9-4-10-25(13-21)18(27)16-7-1-2-8-17(16)23/h1-3,5-8,11H,4,9-10,12-13H2,(H,24,29). The summed E-state index contributed by atoms with van der Waals surface area (Å²) in [6.07, 6.45) is 1.09. The number of halogens is 2. The first-order chi connectivity index (χ1) is 13.9. The molecule has 1 N–H and O–H groups in total. The number of nitrogens with one attached hydrogen (secondary N) is 1. The molecule has 4 rings (SSSR count). The van der Waals surface area contributed by atoms with E-state index in [-0.39, 0.29) is 24.9 Å². The minimum absolute atomic E-state index is 0.119. The van der Waals surface area contributed by atoms with Gasteiger partial charge in [0.05, 0.1) is 23.7 Å². The van der Waals surface area contributed by atoms with Crippen molar-refractivity contribution < 1.29 is 14.4 Å². The third kappa shape index (κ3) is 3.70. The number of benzene rings is 2. The summed E-state index contributed by atoms with van der Waals surface area (Å²) in [5.74, 6) is -0.566. The number of amides is 4. The molecular formula is C21H19Cl2N3O3. The summed E-state index contributed by atoms with van der Waals surface area (Å²) in [6.45, 7) is 0.752. The van der Waals surface area contributed by atoms with Crippen LogP contribution in [0, 0.1) is 0 Å². The predicted octanol–water partition coefficient (Wildman–Crippen LogP) is 3.72. The molecule has 2 aliphatic rings. The first-order valence-electron chi connectivity index (χ1n) is 9.32. The van der Waals surface area contributed by atoms with Gasteiger partial charge in [-0.3, -0.25) is 14.5 Å². The predicted molar refractivity (Wildman–Crippen MR) is 110 cm³/mol. The molecule has 2 aliphatic heterocycles. The van der Waals surface area contributed by atoms with Gasteiger partial charge in [-0.2, -0.15) is 0 Å². The van der Waals surface area contributed by atoms with E-state index in [1.165, 1.54) is 4.90 Å².